The number of carbonyl (C=O) groups is 1. The standard InChI is InChI=1S/C19H20ClNO4/c1-3-24-17-7-5-15(10-18(17)23-2)21-19(22)13-8-12-9-14(20)4-6-16(12)25-11-13/h4-7,9-10,13H,3,8,11H2,1-2H3,(H,21,22)/t13-/m0/s1. The first-order valence-corrected chi connectivity index (χ1v) is 8.51. The van der Waals surface area contributed by atoms with Crippen molar-refractivity contribution in [2.75, 3.05) is 25.6 Å². The number of rotatable bonds is 5. The minimum absolute atomic E-state index is 0.100. The molecule has 0 radical (unpaired) electrons. The summed E-state index contributed by atoms with van der Waals surface area (Å²) < 4.78 is 16.5. The van der Waals surface area contributed by atoms with Crippen LogP contribution in [0.15, 0.2) is 36.4 Å². The van der Waals surface area contributed by atoms with Gasteiger partial charge in [0.05, 0.1) is 19.6 Å². The summed E-state index contributed by atoms with van der Waals surface area (Å²) >= 11 is 6.03. The Morgan fingerprint density at radius 3 is 2.88 bits per heavy atom. The predicted molar refractivity (Wildman–Crippen MR) is 96.9 cm³/mol. The smallest absolute Gasteiger partial charge is 0.231 e. The molecular formula is C19H20ClNO4. The number of anilines is 1. The second-order valence-corrected chi connectivity index (χ2v) is 6.19. The lowest BCUT2D eigenvalue weighted by Gasteiger charge is -2.25. The van der Waals surface area contributed by atoms with Crippen molar-refractivity contribution in [1.82, 2.24) is 0 Å². The maximum atomic E-state index is 12.6. The fourth-order valence-corrected chi connectivity index (χ4v) is 2.99. The molecule has 0 saturated heterocycles. The van der Waals surface area contributed by atoms with Gasteiger partial charge in [-0.2, -0.15) is 0 Å². The Morgan fingerprint density at radius 2 is 2.12 bits per heavy atom. The van der Waals surface area contributed by atoms with Crippen LogP contribution < -0.4 is 19.5 Å². The van der Waals surface area contributed by atoms with Crippen molar-refractivity contribution in [2.45, 2.75) is 13.3 Å². The largest absolute Gasteiger partial charge is 0.493 e. The summed E-state index contributed by atoms with van der Waals surface area (Å²) in [7, 11) is 1.57. The fourth-order valence-electron chi connectivity index (χ4n) is 2.80. The Bertz CT molecular complexity index is 778. The van der Waals surface area contributed by atoms with Crippen LogP contribution in [0, 0.1) is 5.92 Å². The van der Waals surface area contributed by atoms with Crippen LogP contribution in [0.1, 0.15) is 12.5 Å². The van der Waals surface area contributed by atoms with Crippen LogP contribution in [-0.2, 0) is 11.2 Å². The summed E-state index contributed by atoms with van der Waals surface area (Å²) in [6.45, 7) is 2.79. The summed E-state index contributed by atoms with van der Waals surface area (Å²) in [5.41, 5.74) is 1.60. The number of amides is 1. The average Bonchev–Trinajstić information content (AvgIpc) is 2.62. The highest BCUT2D eigenvalue weighted by atomic mass is 35.5. The summed E-state index contributed by atoms with van der Waals surface area (Å²) in [6, 6.07) is 10.8. The fraction of sp³-hybridized carbons (Fsp3) is 0.316. The molecule has 2 aromatic rings. The van der Waals surface area contributed by atoms with Crippen molar-refractivity contribution in [1.29, 1.82) is 0 Å². The van der Waals surface area contributed by atoms with E-state index in [1.54, 1.807) is 31.4 Å². The molecule has 0 unspecified atom stereocenters. The summed E-state index contributed by atoms with van der Waals surface area (Å²) in [4.78, 5) is 12.6. The molecule has 0 aromatic heterocycles. The Balaban J connectivity index is 1.70. The molecule has 2 aromatic carbocycles. The highest BCUT2D eigenvalue weighted by molar-refractivity contribution is 6.30. The number of hydrogen-bond donors (Lipinski definition) is 1. The van der Waals surface area contributed by atoms with Crippen LogP contribution >= 0.6 is 11.6 Å². The molecule has 1 aliphatic rings. The third-order valence-electron chi connectivity index (χ3n) is 4.03. The normalized spacial score (nSPS) is 15.7. The zero-order valence-corrected chi connectivity index (χ0v) is 14.9. The molecule has 5 nitrogen and oxygen atoms in total. The molecule has 0 aliphatic carbocycles. The van der Waals surface area contributed by atoms with Crippen LogP contribution in [0.2, 0.25) is 5.02 Å². The number of methoxy groups -OCH3 is 1. The van der Waals surface area contributed by atoms with Crippen molar-refractivity contribution in [3.8, 4) is 17.2 Å². The van der Waals surface area contributed by atoms with E-state index in [0.717, 1.165) is 11.3 Å². The van der Waals surface area contributed by atoms with E-state index < -0.39 is 0 Å². The van der Waals surface area contributed by atoms with E-state index in [-0.39, 0.29) is 11.8 Å². The maximum absolute atomic E-state index is 12.6. The number of ether oxygens (including phenoxy) is 3. The van der Waals surface area contributed by atoms with Crippen LogP contribution in [0.25, 0.3) is 0 Å². The second kappa shape index (κ2) is 7.66. The van der Waals surface area contributed by atoms with Gasteiger partial charge >= 0.3 is 0 Å². The quantitative estimate of drug-likeness (QED) is 0.876. The number of halogens is 1. The molecule has 6 heteroatoms. The molecule has 1 heterocycles. The van der Waals surface area contributed by atoms with Gasteiger partial charge in [0.1, 0.15) is 12.4 Å². The molecule has 3 rings (SSSR count). The molecule has 132 valence electrons. The Morgan fingerprint density at radius 1 is 1.28 bits per heavy atom. The van der Waals surface area contributed by atoms with Gasteiger partial charge in [-0.05, 0) is 49.2 Å². The van der Waals surface area contributed by atoms with Gasteiger partial charge in [0.25, 0.3) is 0 Å². The number of fused-ring (bicyclic) bond motifs is 1. The van der Waals surface area contributed by atoms with Gasteiger partial charge in [0.2, 0.25) is 5.91 Å². The minimum atomic E-state index is -0.275. The lowest BCUT2D eigenvalue weighted by molar-refractivity contribution is -0.121. The lowest BCUT2D eigenvalue weighted by Crippen LogP contribution is -2.32. The number of nitrogens with one attached hydrogen (secondary N) is 1. The molecular weight excluding hydrogens is 342 g/mol. The zero-order valence-electron chi connectivity index (χ0n) is 14.2. The van der Waals surface area contributed by atoms with E-state index in [9.17, 15) is 4.79 Å². The molecule has 0 fully saturated rings. The van der Waals surface area contributed by atoms with Crippen LogP contribution in [0.3, 0.4) is 0 Å². The van der Waals surface area contributed by atoms with Gasteiger partial charge < -0.3 is 19.5 Å². The lowest BCUT2D eigenvalue weighted by atomic mass is 9.96. The first-order valence-electron chi connectivity index (χ1n) is 8.13. The monoisotopic (exact) mass is 361 g/mol. The number of hydrogen-bond acceptors (Lipinski definition) is 4. The highest BCUT2D eigenvalue weighted by Gasteiger charge is 2.26. The Labute approximate surface area is 151 Å². The molecule has 1 N–H and O–H groups in total. The van der Waals surface area contributed by atoms with Gasteiger partial charge in [-0.15, -0.1) is 0 Å². The summed E-state index contributed by atoms with van der Waals surface area (Å²) in [6.07, 6.45) is 0.593. The zero-order chi connectivity index (χ0) is 17.8. The second-order valence-electron chi connectivity index (χ2n) is 5.75. The van der Waals surface area contributed by atoms with Crippen molar-refractivity contribution < 1.29 is 19.0 Å². The molecule has 1 amide bonds. The van der Waals surface area contributed by atoms with Gasteiger partial charge in [-0.25, -0.2) is 0 Å². The van der Waals surface area contributed by atoms with Crippen molar-refractivity contribution >= 4 is 23.2 Å². The van der Waals surface area contributed by atoms with E-state index in [2.05, 4.69) is 5.32 Å². The summed E-state index contributed by atoms with van der Waals surface area (Å²) in [5, 5.41) is 3.55. The topological polar surface area (TPSA) is 56.8 Å². The maximum Gasteiger partial charge on any atom is 0.231 e. The van der Waals surface area contributed by atoms with E-state index in [1.165, 1.54) is 0 Å². The SMILES string of the molecule is CCOc1ccc(NC(=O)[C@@H]2COc3ccc(Cl)cc3C2)cc1OC. The first-order chi connectivity index (χ1) is 12.1. The Kier molecular flexibility index (Phi) is 5.34. The third kappa shape index (κ3) is 3.99. The number of carbonyl (C=O) groups excluding carboxylic acids is 1. The van der Waals surface area contributed by atoms with Gasteiger partial charge in [-0.1, -0.05) is 11.6 Å². The molecule has 0 saturated carbocycles. The van der Waals surface area contributed by atoms with E-state index in [1.807, 2.05) is 19.1 Å². The predicted octanol–water partition coefficient (Wildman–Crippen LogP) is 3.94. The van der Waals surface area contributed by atoms with Crippen molar-refractivity contribution in [3.63, 3.8) is 0 Å². The number of benzene rings is 2. The molecule has 25 heavy (non-hydrogen) atoms. The van der Waals surface area contributed by atoms with Gasteiger partial charge in [0, 0.05) is 16.8 Å². The average molecular weight is 362 g/mol. The van der Waals surface area contributed by atoms with Gasteiger partial charge in [0.15, 0.2) is 11.5 Å². The van der Waals surface area contributed by atoms with Crippen molar-refractivity contribution in [3.05, 3.63) is 47.0 Å². The van der Waals surface area contributed by atoms with Crippen LogP contribution in [0.4, 0.5) is 5.69 Å². The van der Waals surface area contributed by atoms with Gasteiger partial charge in [-0.3, -0.25) is 4.79 Å². The van der Waals surface area contributed by atoms with Crippen molar-refractivity contribution in [2.24, 2.45) is 5.92 Å². The van der Waals surface area contributed by atoms with E-state index >= 15 is 0 Å². The molecule has 1 aliphatic heterocycles. The molecule has 0 bridgehead atoms. The van der Waals surface area contributed by atoms with E-state index in [4.69, 9.17) is 25.8 Å². The van der Waals surface area contributed by atoms with Crippen LogP contribution in [-0.4, -0.2) is 26.2 Å². The van der Waals surface area contributed by atoms with Crippen LogP contribution in [0.5, 0.6) is 17.2 Å². The molecule has 1 atom stereocenters. The third-order valence-corrected chi connectivity index (χ3v) is 4.27. The summed E-state index contributed by atoms with van der Waals surface area (Å²) in [5.74, 6) is 1.64. The Hall–Kier alpha value is -2.40. The molecule has 0 spiro atoms. The van der Waals surface area contributed by atoms with E-state index in [0.29, 0.717) is 41.8 Å². The minimum Gasteiger partial charge on any atom is -0.493 e. The first kappa shape index (κ1) is 17.4. The highest BCUT2D eigenvalue weighted by Crippen LogP contribution is 2.32.